The minimum absolute atomic E-state index is 0.185. The molecule has 3 aromatic rings. The third-order valence-corrected chi connectivity index (χ3v) is 3.80. The molecule has 0 saturated carbocycles. The van der Waals surface area contributed by atoms with Crippen molar-refractivity contribution in [1.29, 1.82) is 0 Å². The summed E-state index contributed by atoms with van der Waals surface area (Å²) >= 11 is 0. The maximum Gasteiger partial charge on any atom is 0.252 e. The van der Waals surface area contributed by atoms with Crippen molar-refractivity contribution in [2.24, 2.45) is 5.73 Å². The Balaban J connectivity index is 2.34. The number of anilines is 1. The second-order valence-electron chi connectivity index (χ2n) is 5.22. The summed E-state index contributed by atoms with van der Waals surface area (Å²) in [6.07, 6.45) is 1.38. The maximum atomic E-state index is 11.4. The van der Waals surface area contributed by atoms with Crippen LogP contribution in [0.3, 0.4) is 0 Å². The number of methoxy groups -OCH3 is 1. The fraction of sp³-hybridized carbons (Fsp3) is 0.188. The molecule has 0 radical (unpaired) electrons. The molecule has 23 heavy (non-hydrogen) atoms. The van der Waals surface area contributed by atoms with Crippen molar-refractivity contribution in [3.05, 3.63) is 35.3 Å². The largest absolute Gasteiger partial charge is 0.496 e. The number of fused-ring (bicyclic) bond motifs is 1. The molecule has 0 spiro atoms. The molecular weight excluding hydrogens is 296 g/mol. The number of aryl methyl sites for hydroxylation is 2. The predicted molar refractivity (Wildman–Crippen MR) is 86.2 cm³/mol. The SMILES string of the molecule is COc1cc2c(N)c(C(N)=O)cnc2cc1-c1c(C)noc1C. The number of ether oxygens (including phenoxy) is 1. The summed E-state index contributed by atoms with van der Waals surface area (Å²) in [6, 6.07) is 3.58. The van der Waals surface area contributed by atoms with E-state index >= 15 is 0 Å². The molecule has 0 aliphatic carbocycles. The zero-order chi connectivity index (χ0) is 16.7. The van der Waals surface area contributed by atoms with Crippen LogP contribution in [0.4, 0.5) is 5.69 Å². The number of primary amides is 1. The number of amides is 1. The van der Waals surface area contributed by atoms with Crippen LogP contribution in [-0.2, 0) is 0 Å². The average Bonchev–Trinajstić information content (AvgIpc) is 2.85. The Bertz CT molecular complexity index is 911. The zero-order valence-corrected chi connectivity index (χ0v) is 13.0. The van der Waals surface area contributed by atoms with Gasteiger partial charge in [0.05, 0.1) is 35.1 Å². The van der Waals surface area contributed by atoms with Gasteiger partial charge in [0.1, 0.15) is 11.5 Å². The Kier molecular flexibility index (Phi) is 3.40. The average molecular weight is 312 g/mol. The molecule has 0 aliphatic rings. The summed E-state index contributed by atoms with van der Waals surface area (Å²) in [4.78, 5) is 15.7. The van der Waals surface area contributed by atoms with Crippen molar-refractivity contribution < 1.29 is 14.1 Å². The Morgan fingerprint density at radius 2 is 2.04 bits per heavy atom. The summed E-state index contributed by atoms with van der Waals surface area (Å²) in [6.45, 7) is 3.68. The molecule has 0 aliphatic heterocycles. The molecular formula is C16H16N4O3. The van der Waals surface area contributed by atoms with E-state index in [0.29, 0.717) is 22.4 Å². The number of carbonyl (C=O) groups excluding carboxylic acids is 1. The van der Waals surface area contributed by atoms with Gasteiger partial charge in [0.15, 0.2) is 0 Å². The molecule has 0 saturated heterocycles. The number of hydrogen-bond donors (Lipinski definition) is 2. The lowest BCUT2D eigenvalue weighted by atomic mass is 9.99. The first kappa shape index (κ1) is 14.8. The first-order valence-corrected chi connectivity index (χ1v) is 6.93. The van der Waals surface area contributed by atoms with Gasteiger partial charge in [-0.2, -0.15) is 0 Å². The highest BCUT2D eigenvalue weighted by molar-refractivity contribution is 6.06. The highest BCUT2D eigenvalue weighted by Crippen LogP contribution is 2.38. The maximum absolute atomic E-state index is 11.4. The van der Waals surface area contributed by atoms with Crippen LogP contribution in [0.2, 0.25) is 0 Å². The van der Waals surface area contributed by atoms with Gasteiger partial charge in [-0.15, -0.1) is 0 Å². The van der Waals surface area contributed by atoms with Crippen molar-refractivity contribution in [3.8, 4) is 16.9 Å². The predicted octanol–water partition coefficient (Wildman–Crippen LogP) is 2.20. The lowest BCUT2D eigenvalue weighted by Gasteiger charge is -2.12. The van der Waals surface area contributed by atoms with Gasteiger partial charge >= 0.3 is 0 Å². The third-order valence-electron chi connectivity index (χ3n) is 3.80. The van der Waals surface area contributed by atoms with Gasteiger partial charge in [-0.05, 0) is 26.0 Å². The van der Waals surface area contributed by atoms with E-state index in [1.807, 2.05) is 19.9 Å². The minimum atomic E-state index is -0.620. The van der Waals surface area contributed by atoms with E-state index < -0.39 is 5.91 Å². The van der Waals surface area contributed by atoms with Crippen LogP contribution < -0.4 is 16.2 Å². The van der Waals surface area contributed by atoms with Crippen LogP contribution in [0, 0.1) is 13.8 Å². The zero-order valence-electron chi connectivity index (χ0n) is 13.0. The molecule has 2 aromatic heterocycles. The Hall–Kier alpha value is -3.09. The van der Waals surface area contributed by atoms with Crippen LogP contribution in [0.15, 0.2) is 22.9 Å². The minimum Gasteiger partial charge on any atom is -0.496 e. The van der Waals surface area contributed by atoms with E-state index in [1.165, 1.54) is 6.20 Å². The summed E-state index contributed by atoms with van der Waals surface area (Å²) in [5.41, 5.74) is 14.9. The van der Waals surface area contributed by atoms with E-state index in [0.717, 1.165) is 16.8 Å². The van der Waals surface area contributed by atoms with E-state index in [1.54, 1.807) is 13.2 Å². The van der Waals surface area contributed by atoms with Gasteiger partial charge in [-0.25, -0.2) is 0 Å². The van der Waals surface area contributed by atoms with E-state index in [2.05, 4.69) is 10.1 Å². The first-order valence-electron chi connectivity index (χ1n) is 6.93. The van der Waals surface area contributed by atoms with Crippen molar-refractivity contribution >= 4 is 22.5 Å². The molecule has 0 unspecified atom stereocenters. The fourth-order valence-corrected chi connectivity index (χ4v) is 2.67. The number of nitrogen functional groups attached to an aromatic ring is 1. The second-order valence-corrected chi connectivity index (χ2v) is 5.22. The van der Waals surface area contributed by atoms with Gasteiger partial charge in [0.2, 0.25) is 0 Å². The highest BCUT2D eigenvalue weighted by atomic mass is 16.5. The molecule has 1 amide bonds. The van der Waals surface area contributed by atoms with Gasteiger partial charge in [0.25, 0.3) is 5.91 Å². The third kappa shape index (κ3) is 2.26. The number of pyridine rings is 1. The molecule has 4 N–H and O–H groups in total. The standard InChI is InChI=1S/C16H16N4O3/c1-7-14(8(2)23-20-7)10-4-12-9(5-13(10)22-3)15(17)11(6-19-12)16(18)21/h4-6H,1-3H3,(H2,17,19)(H2,18,21). The second kappa shape index (κ2) is 5.28. The lowest BCUT2D eigenvalue weighted by Crippen LogP contribution is -2.14. The molecule has 3 rings (SSSR count). The molecule has 0 atom stereocenters. The van der Waals surface area contributed by atoms with Crippen molar-refractivity contribution in [1.82, 2.24) is 10.1 Å². The molecule has 7 nitrogen and oxygen atoms in total. The summed E-state index contributed by atoms with van der Waals surface area (Å²) in [5, 5.41) is 4.57. The molecule has 118 valence electrons. The normalized spacial score (nSPS) is 10.9. The van der Waals surface area contributed by atoms with Crippen LogP contribution in [-0.4, -0.2) is 23.2 Å². The topological polar surface area (TPSA) is 117 Å². The quantitative estimate of drug-likeness (QED) is 0.765. The van der Waals surface area contributed by atoms with E-state index in [4.69, 9.17) is 20.7 Å². The first-order chi connectivity index (χ1) is 10.9. The van der Waals surface area contributed by atoms with E-state index in [9.17, 15) is 4.79 Å². The number of nitrogens with zero attached hydrogens (tertiary/aromatic N) is 2. The molecule has 0 bridgehead atoms. The Morgan fingerprint density at radius 3 is 2.61 bits per heavy atom. The molecule has 7 heteroatoms. The van der Waals surface area contributed by atoms with Crippen LogP contribution >= 0.6 is 0 Å². The number of nitrogens with two attached hydrogens (primary N) is 2. The number of rotatable bonds is 3. The Morgan fingerprint density at radius 1 is 1.30 bits per heavy atom. The van der Waals surface area contributed by atoms with Crippen LogP contribution in [0.25, 0.3) is 22.0 Å². The number of carbonyl (C=O) groups is 1. The lowest BCUT2D eigenvalue weighted by molar-refractivity contribution is 0.100. The van der Waals surface area contributed by atoms with Crippen LogP contribution in [0.1, 0.15) is 21.8 Å². The molecule has 1 aromatic carbocycles. The summed E-state index contributed by atoms with van der Waals surface area (Å²) in [5.74, 6) is 0.648. The number of benzene rings is 1. The fourth-order valence-electron chi connectivity index (χ4n) is 2.67. The highest BCUT2D eigenvalue weighted by Gasteiger charge is 2.19. The van der Waals surface area contributed by atoms with E-state index in [-0.39, 0.29) is 11.3 Å². The number of hydrogen-bond acceptors (Lipinski definition) is 6. The number of aromatic nitrogens is 2. The summed E-state index contributed by atoms with van der Waals surface area (Å²) < 4.78 is 10.7. The monoisotopic (exact) mass is 312 g/mol. The van der Waals surface area contributed by atoms with Gasteiger partial charge in [-0.1, -0.05) is 5.16 Å². The van der Waals surface area contributed by atoms with Gasteiger partial charge in [0, 0.05) is 17.1 Å². The van der Waals surface area contributed by atoms with Crippen molar-refractivity contribution in [2.75, 3.05) is 12.8 Å². The smallest absolute Gasteiger partial charge is 0.252 e. The van der Waals surface area contributed by atoms with Gasteiger partial charge in [-0.3, -0.25) is 9.78 Å². The van der Waals surface area contributed by atoms with Gasteiger partial charge < -0.3 is 20.7 Å². The molecule has 0 fully saturated rings. The van der Waals surface area contributed by atoms with Crippen molar-refractivity contribution in [2.45, 2.75) is 13.8 Å². The molecule has 2 heterocycles. The Labute approximate surface area is 132 Å². The van der Waals surface area contributed by atoms with Crippen molar-refractivity contribution in [3.63, 3.8) is 0 Å². The summed E-state index contributed by atoms with van der Waals surface area (Å²) in [7, 11) is 1.56. The van der Waals surface area contributed by atoms with Crippen LogP contribution in [0.5, 0.6) is 5.75 Å².